The predicted octanol–water partition coefficient (Wildman–Crippen LogP) is 2.01. The molecule has 1 heterocycles. The van der Waals surface area contributed by atoms with Crippen molar-refractivity contribution in [2.24, 2.45) is 11.8 Å². The zero-order valence-electron chi connectivity index (χ0n) is 15.0. The van der Waals surface area contributed by atoms with Crippen LogP contribution < -0.4 is 0 Å². The summed E-state index contributed by atoms with van der Waals surface area (Å²) in [5.74, 6) is 2.07. The third-order valence-electron chi connectivity index (χ3n) is 4.58. The van der Waals surface area contributed by atoms with Crippen LogP contribution in [0.2, 0.25) is 0 Å². The Morgan fingerprint density at radius 3 is 2.58 bits per heavy atom. The first-order valence-electron chi connectivity index (χ1n) is 9.17. The molecule has 24 heavy (non-hydrogen) atoms. The van der Waals surface area contributed by atoms with Crippen molar-refractivity contribution in [1.29, 1.82) is 0 Å². The number of carbonyl (C=O) groups is 1. The van der Waals surface area contributed by atoms with Gasteiger partial charge in [-0.1, -0.05) is 20.3 Å². The number of carbonyl (C=O) groups excluding carboxylic acids is 1. The van der Waals surface area contributed by atoms with E-state index in [2.05, 4.69) is 0 Å². The molecule has 1 unspecified atom stereocenters. The van der Waals surface area contributed by atoms with Gasteiger partial charge < -0.3 is 20.1 Å². The second-order valence-corrected chi connectivity index (χ2v) is 8.10. The minimum absolute atomic E-state index is 0.0593. The first-order valence-corrected chi connectivity index (χ1v) is 10.3. The van der Waals surface area contributed by atoms with E-state index in [-0.39, 0.29) is 24.5 Å². The summed E-state index contributed by atoms with van der Waals surface area (Å²) in [6.07, 6.45) is 3.08. The van der Waals surface area contributed by atoms with Crippen molar-refractivity contribution < 1.29 is 24.9 Å². The number of unbranched alkanes of at least 4 members (excludes halogenated alkanes) is 1. The Hall–Kier alpha value is -0.140. The van der Waals surface area contributed by atoms with Crippen LogP contribution in [0.5, 0.6) is 0 Å². The van der Waals surface area contributed by atoms with Gasteiger partial charge in [0.2, 0.25) is 0 Å². The molecule has 0 spiro atoms. The zero-order valence-corrected chi connectivity index (χ0v) is 15.8. The standard InChI is InChI=1S/C18H34O5S/c1-13(2)17(21)14(6-3-4-9-19)7-5-11-24-12-16-18(22)15(20)8-10-23-16/h13-16,18-20,22H,3-12H2,1-2H3/t14?,15-,16-,18+/m0/s1. The molecular formula is C18H34O5S. The van der Waals surface area contributed by atoms with Gasteiger partial charge in [0.25, 0.3) is 0 Å². The smallest absolute Gasteiger partial charge is 0.138 e. The summed E-state index contributed by atoms with van der Waals surface area (Å²) >= 11 is 1.71. The monoisotopic (exact) mass is 362 g/mol. The van der Waals surface area contributed by atoms with Gasteiger partial charge in [-0.05, 0) is 37.9 Å². The molecule has 1 rings (SSSR count). The molecule has 0 bridgehead atoms. The highest BCUT2D eigenvalue weighted by atomic mass is 32.2. The van der Waals surface area contributed by atoms with Gasteiger partial charge in [-0.15, -0.1) is 0 Å². The molecule has 0 radical (unpaired) electrons. The van der Waals surface area contributed by atoms with Gasteiger partial charge in [-0.3, -0.25) is 4.79 Å². The number of ketones is 1. The lowest BCUT2D eigenvalue weighted by atomic mass is 9.87. The summed E-state index contributed by atoms with van der Waals surface area (Å²) in [5.41, 5.74) is 0. The lowest BCUT2D eigenvalue weighted by molar-refractivity contribution is -0.126. The van der Waals surface area contributed by atoms with E-state index in [4.69, 9.17) is 9.84 Å². The van der Waals surface area contributed by atoms with E-state index in [1.54, 1.807) is 11.8 Å². The molecule has 0 aromatic rings. The van der Waals surface area contributed by atoms with Crippen LogP contribution in [0.15, 0.2) is 0 Å². The molecule has 0 aromatic carbocycles. The van der Waals surface area contributed by atoms with Crippen molar-refractivity contribution in [2.75, 3.05) is 24.7 Å². The molecule has 5 nitrogen and oxygen atoms in total. The van der Waals surface area contributed by atoms with Crippen LogP contribution in [0.25, 0.3) is 0 Å². The molecular weight excluding hydrogens is 328 g/mol. The molecule has 0 amide bonds. The van der Waals surface area contributed by atoms with Crippen LogP contribution >= 0.6 is 11.8 Å². The van der Waals surface area contributed by atoms with E-state index in [0.717, 1.165) is 37.9 Å². The quantitative estimate of drug-likeness (QED) is 0.461. The summed E-state index contributed by atoms with van der Waals surface area (Å²) in [4.78, 5) is 12.3. The van der Waals surface area contributed by atoms with Crippen molar-refractivity contribution in [2.45, 2.75) is 70.7 Å². The molecule has 0 aromatic heterocycles. The Kier molecular flexibility index (Phi) is 11.2. The molecule has 0 saturated carbocycles. The highest BCUT2D eigenvalue weighted by molar-refractivity contribution is 7.99. The summed E-state index contributed by atoms with van der Waals surface area (Å²) in [5, 5.41) is 28.4. The topological polar surface area (TPSA) is 87.0 Å². The number of ether oxygens (including phenoxy) is 1. The molecule has 6 heteroatoms. The predicted molar refractivity (Wildman–Crippen MR) is 97.2 cm³/mol. The number of thioether (sulfide) groups is 1. The first-order chi connectivity index (χ1) is 11.5. The molecule has 3 N–H and O–H groups in total. The minimum atomic E-state index is -0.792. The average Bonchev–Trinajstić information content (AvgIpc) is 2.56. The number of aliphatic hydroxyl groups excluding tert-OH is 3. The highest BCUT2D eigenvalue weighted by Crippen LogP contribution is 2.23. The number of hydrogen-bond donors (Lipinski definition) is 3. The van der Waals surface area contributed by atoms with Crippen molar-refractivity contribution >= 4 is 17.5 Å². The molecule has 142 valence electrons. The van der Waals surface area contributed by atoms with Gasteiger partial charge in [0.05, 0.1) is 12.2 Å². The fourth-order valence-corrected chi connectivity index (χ4v) is 4.10. The largest absolute Gasteiger partial charge is 0.396 e. The van der Waals surface area contributed by atoms with Gasteiger partial charge in [-0.2, -0.15) is 11.8 Å². The number of hydrogen-bond acceptors (Lipinski definition) is 6. The SMILES string of the molecule is CC(C)C(=O)C(CCCCO)CCCSC[C@@H]1OCC[C@H](O)[C@H]1O. The third kappa shape index (κ3) is 7.83. The van der Waals surface area contributed by atoms with E-state index in [1.807, 2.05) is 13.8 Å². The number of aliphatic hydroxyl groups is 3. The summed E-state index contributed by atoms with van der Waals surface area (Å²) in [6, 6.07) is 0. The summed E-state index contributed by atoms with van der Waals surface area (Å²) in [7, 11) is 0. The number of rotatable bonds is 12. The Morgan fingerprint density at radius 1 is 1.21 bits per heavy atom. The molecule has 0 aliphatic carbocycles. The van der Waals surface area contributed by atoms with E-state index in [9.17, 15) is 15.0 Å². The van der Waals surface area contributed by atoms with Gasteiger partial charge in [0.1, 0.15) is 11.9 Å². The maximum atomic E-state index is 12.3. The minimum Gasteiger partial charge on any atom is -0.396 e. The normalized spacial score (nSPS) is 25.8. The second-order valence-electron chi connectivity index (χ2n) is 6.95. The summed E-state index contributed by atoms with van der Waals surface area (Å²) < 4.78 is 5.51. The van der Waals surface area contributed by atoms with E-state index < -0.39 is 12.2 Å². The molecule has 1 aliphatic heterocycles. The second kappa shape index (κ2) is 12.3. The Labute approximate surface area is 150 Å². The fraction of sp³-hybridized carbons (Fsp3) is 0.944. The molecule has 1 aliphatic rings. The van der Waals surface area contributed by atoms with E-state index in [0.29, 0.717) is 24.6 Å². The third-order valence-corrected chi connectivity index (χ3v) is 5.72. The van der Waals surface area contributed by atoms with Gasteiger partial charge in [-0.25, -0.2) is 0 Å². The van der Waals surface area contributed by atoms with Crippen molar-refractivity contribution in [3.63, 3.8) is 0 Å². The van der Waals surface area contributed by atoms with E-state index in [1.165, 1.54) is 0 Å². The Morgan fingerprint density at radius 2 is 1.92 bits per heavy atom. The van der Waals surface area contributed by atoms with Crippen LogP contribution in [0, 0.1) is 11.8 Å². The fourth-order valence-electron chi connectivity index (χ4n) is 3.04. The lowest BCUT2D eigenvalue weighted by Crippen LogP contribution is -2.45. The number of Topliss-reactive ketones (excluding diaryl/α,β-unsaturated/α-hetero) is 1. The highest BCUT2D eigenvalue weighted by Gasteiger charge is 2.31. The van der Waals surface area contributed by atoms with Crippen LogP contribution in [0.4, 0.5) is 0 Å². The zero-order chi connectivity index (χ0) is 17.9. The van der Waals surface area contributed by atoms with Crippen LogP contribution in [0.3, 0.4) is 0 Å². The lowest BCUT2D eigenvalue weighted by Gasteiger charge is -2.31. The molecule has 4 atom stereocenters. The summed E-state index contributed by atoms with van der Waals surface area (Å²) in [6.45, 7) is 4.58. The van der Waals surface area contributed by atoms with Crippen molar-refractivity contribution in [3.8, 4) is 0 Å². The van der Waals surface area contributed by atoms with Crippen molar-refractivity contribution in [3.05, 3.63) is 0 Å². The van der Waals surface area contributed by atoms with Crippen LogP contribution in [0.1, 0.15) is 52.4 Å². The van der Waals surface area contributed by atoms with Crippen LogP contribution in [-0.2, 0) is 9.53 Å². The average molecular weight is 363 g/mol. The van der Waals surface area contributed by atoms with Gasteiger partial charge in [0, 0.05) is 30.8 Å². The van der Waals surface area contributed by atoms with Crippen molar-refractivity contribution in [1.82, 2.24) is 0 Å². The Bertz CT molecular complexity index is 350. The van der Waals surface area contributed by atoms with E-state index >= 15 is 0 Å². The Balaban J connectivity index is 2.25. The van der Waals surface area contributed by atoms with Gasteiger partial charge >= 0.3 is 0 Å². The van der Waals surface area contributed by atoms with Crippen LogP contribution in [-0.4, -0.2) is 64.1 Å². The first kappa shape index (κ1) is 21.9. The maximum Gasteiger partial charge on any atom is 0.138 e. The molecule has 1 fully saturated rings. The molecule has 1 saturated heterocycles. The van der Waals surface area contributed by atoms with Gasteiger partial charge in [0.15, 0.2) is 0 Å². The maximum absolute atomic E-state index is 12.3.